The van der Waals surface area contributed by atoms with E-state index in [0.717, 1.165) is 37.0 Å². The molecule has 0 heterocycles. The summed E-state index contributed by atoms with van der Waals surface area (Å²) >= 11 is 0. The quantitative estimate of drug-likeness (QED) is 0.778. The van der Waals surface area contributed by atoms with Gasteiger partial charge in [-0.25, -0.2) is 0 Å². The minimum Gasteiger partial charge on any atom is -0.493 e. The molecule has 0 aliphatic carbocycles. The molecule has 0 unspecified atom stereocenters. The second-order valence-corrected chi connectivity index (χ2v) is 4.46. The van der Waals surface area contributed by atoms with Crippen LogP contribution in [0.3, 0.4) is 0 Å². The Morgan fingerprint density at radius 2 is 1.65 bits per heavy atom. The molecule has 2 nitrogen and oxygen atoms in total. The van der Waals surface area contributed by atoms with Gasteiger partial charge < -0.3 is 9.84 Å². The van der Waals surface area contributed by atoms with Gasteiger partial charge >= 0.3 is 0 Å². The zero-order chi connectivity index (χ0) is 12.7. The Labute approximate surface area is 105 Å². The van der Waals surface area contributed by atoms with E-state index in [1.165, 1.54) is 0 Å². The van der Waals surface area contributed by atoms with Crippen molar-refractivity contribution in [2.75, 3.05) is 6.61 Å². The highest BCUT2D eigenvalue weighted by atomic mass is 16.5. The minimum atomic E-state index is -0.741. The second kappa shape index (κ2) is 6.65. The molecule has 1 aromatic carbocycles. The van der Waals surface area contributed by atoms with Gasteiger partial charge in [0, 0.05) is 5.56 Å². The molecule has 0 fully saturated rings. The molecule has 0 saturated carbocycles. The van der Waals surface area contributed by atoms with E-state index in [2.05, 4.69) is 13.8 Å². The average molecular weight is 236 g/mol. The summed E-state index contributed by atoms with van der Waals surface area (Å²) < 4.78 is 5.62. The minimum absolute atomic E-state index is 0.630. The van der Waals surface area contributed by atoms with E-state index in [0.29, 0.717) is 6.61 Å². The normalized spacial score (nSPS) is 11.5. The average Bonchev–Trinajstić information content (AvgIpc) is 2.31. The van der Waals surface area contributed by atoms with Crippen molar-refractivity contribution in [1.82, 2.24) is 0 Å². The number of hydrogen-bond donors (Lipinski definition) is 1. The Morgan fingerprint density at radius 1 is 1.06 bits per heavy atom. The summed E-state index contributed by atoms with van der Waals surface area (Å²) in [5, 5.41) is 10.8. The third kappa shape index (κ3) is 3.47. The largest absolute Gasteiger partial charge is 0.493 e. The van der Waals surface area contributed by atoms with Crippen LogP contribution in [0.15, 0.2) is 24.3 Å². The molecule has 0 aliphatic rings. The maximum absolute atomic E-state index is 10.8. The van der Waals surface area contributed by atoms with Gasteiger partial charge in [-0.3, -0.25) is 0 Å². The third-order valence-corrected chi connectivity index (χ3v) is 3.02. The summed E-state index contributed by atoms with van der Waals surface area (Å²) in [6.07, 6.45) is 3.50. The molecule has 1 aromatic rings. The predicted molar refractivity (Wildman–Crippen MR) is 71.3 cm³/mol. The molecule has 0 spiro atoms. The first-order valence-corrected chi connectivity index (χ1v) is 6.62. The van der Waals surface area contributed by atoms with Crippen LogP contribution in [0.1, 0.15) is 52.0 Å². The lowest BCUT2D eigenvalue weighted by Crippen LogP contribution is -2.26. The van der Waals surface area contributed by atoms with Gasteiger partial charge in [-0.1, -0.05) is 44.9 Å². The van der Waals surface area contributed by atoms with Gasteiger partial charge in [0.1, 0.15) is 5.75 Å². The summed E-state index contributed by atoms with van der Waals surface area (Å²) in [7, 11) is 0. The number of rotatable bonds is 7. The second-order valence-electron chi connectivity index (χ2n) is 4.46. The van der Waals surface area contributed by atoms with Gasteiger partial charge in [-0.2, -0.15) is 0 Å². The molecule has 0 amide bonds. The SMILES string of the molecule is CCCC(O)(CCC)c1ccccc1OCC. The molecule has 2 heteroatoms. The van der Waals surface area contributed by atoms with E-state index in [1.807, 2.05) is 31.2 Å². The van der Waals surface area contributed by atoms with Crippen molar-refractivity contribution in [3.63, 3.8) is 0 Å². The molecule has 1 N–H and O–H groups in total. The summed E-state index contributed by atoms with van der Waals surface area (Å²) in [6.45, 7) is 6.80. The Morgan fingerprint density at radius 3 is 2.18 bits per heavy atom. The van der Waals surface area contributed by atoms with Crippen LogP contribution < -0.4 is 4.74 Å². The number of para-hydroxylation sites is 1. The first-order chi connectivity index (χ1) is 8.18. The van der Waals surface area contributed by atoms with Crippen LogP contribution in [0.5, 0.6) is 5.75 Å². The molecule has 0 aromatic heterocycles. The van der Waals surface area contributed by atoms with Crippen LogP contribution in [-0.2, 0) is 5.60 Å². The topological polar surface area (TPSA) is 29.5 Å². The van der Waals surface area contributed by atoms with Crippen molar-refractivity contribution >= 4 is 0 Å². The Bertz CT molecular complexity index is 327. The van der Waals surface area contributed by atoms with Gasteiger partial charge in [0.15, 0.2) is 0 Å². The Balaban J connectivity index is 3.08. The highest BCUT2D eigenvalue weighted by Crippen LogP contribution is 2.37. The molecular formula is C15H24O2. The van der Waals surface area contributed by atoms with Gasteiger partial charge in [-0.05, 0) is 25.8 Å². The molecular weight excluding hydrogens is 212 g/mol. The number of benzene rings is 1. The van der Waals surface area contributed by atoms with Crippen molar-refractivity contribution in [3.05, 3.63) is 29.8 Å². The lowest BCUT2D eigenvalue weighted by molar-refractivity contribution is 0.0144. The zero-order valence-electron chi connectivity index (χ0n) is 11.2. The Kier molecular flexibility index (Phi) is 5.49. The lowest BCUT2D eigenvalue weighted by atomic mass is 9.85. The molecule has 96 valence electrons. The van der Waals surface area contributed by atoms with E-state index in [1.54, 1.807) is 0 Å². The maximum Gasteiger partial charge on any atom is 0.125 e. The maximum atomic E-state index is 10.8. The standard InChI is InChI=1S/C15H24O2/c1-4-11-15(16,12-5-2)13-9-7-8-10-14(13)17-6-3/h7-10,16H,4-6,11-12H2,1-3H3. The zero-order valence-corrected chi connectivity index (χ0v) is 11.2. The highest BCUT2D eigenvalue weighted by Gasteiger charge is 2.30. The van der Waals surface area contributed by atoms with Crippen LogP contribution in [0.4, 0.5) is 0 Å². The Hall–Kier alpha value is -1.02. The fourth-order valence-electron chi connectivity index (χ4n) is 2.35. The van der Waals surface area contributed by atoms with Crippen LogP contribution in [-0.4, -0.2) is 11.7 Å². The molecule has 0 bridgehead atoms. The summed E-state index contributed by atoms with van der Waals surface area (Å²) in [6, 6.07) is 7.84. The van der Waals surface area contributed by atoms with Crippen LogP contribution in [0.25, 0.3) is 0 Å². The molecule has 0 saturated heterocycles. The molecule has 0 radical (unpaired) electrons. The summed E-state index contributed by atoms with van der Waals surface area (Å²) in [5.74, 6) is 0.819. The lowest BCUT2D eigenvalue weighted by Gasteiger charge is -2.29. The summed E-state index contributed by atoms with van der Waals surface area (Å²) in [5.41, 5.74) is 0.195. The smallest absolute Gasteiger partial charge is 0.125 e. The monoisotopic (exact) mass is 236 g/mol. The fourth-order valence-corrected chi connectivity index (χ4v) is 2.35. The first kappa shape index (κ1) is 14.0. The first-order valence-electron chi connectivity index (χ1n) is 6.62. The third-order valence-electron chi connectivity index (χ3n) is 3.02. The van der Waals surface area contributed by atoms with Gasteiger partial charge in [0.05, 0.1) is 12.2 Å². The molecule has 0 aliphatic heterocycles. The van der Waals surface area contributed by atoms with Gasteiger partial charge in [0.25, 0.3) is 0 Å². The highest BCUT2D eigenvalue weighted by molar-refractivity contribution is 5.38. The van der Waals surface area contributed by atoms with E-state index in [9.17, 15) is 5.11 Å². The van der Waals surface area contributed by atoms with Crippen LogP contribution in [0.2, 0.25) is 0 Å². The number of aliphatic hydroxyl groups is 1. The van der Waals surface area contributed by atoms with E-state index in [-0.39, 0.29) is 0 Å². The number of hydrogen-bond acceptors (Lipinski definition) is 2. The van der Waals surface area contributed by atoms with Gasteiger partial charge in [-0.15, -0.1) is 0 Å². The van der Waals surface area contributed by atoms with Crippen molar-refractivity contribution in [2.24, 2.45) is 0 Å². The van der Waals surface area contributed by atoms with Crippen molar-refractivity contribution < 1.29 is 9.84 Å². The predicted octanol–water partition coefficient (Wildman–Crippen LogP) is 3.87. The van der Waals surface area contributed by atoms with E-state index < -0.39 is 5.60 Å². The van der Waals surface area contributed by atoms with Crippen LogP contribution >= 0.6 is 0 Å². The van der Waals surface area contributed by atoms with E-state index >= 15 is 0 Å². The van der Waals surface area contributed by atoms with Crippen molar-refractivity contribution in [1.29, 1.82) is 0 Å². The van der Waals surface area contributed by atoms with Crippen molar-refractivity contribution in [2.45, 2.75) is 52.1 Å². The van der Waals surface area contributed by atoms with E-state index in [4.69, 9.17) is 4.74 Å². The van der Waals surface area contributed by atoms with Gasteiger partial charge in [0.2, 0.25) is 0 Å². The van der Waals surface area contributed by atoms with Crippen LogP contribution in [0, 0.1) is 0 Å². The van der Waals surface area contributed by atoms with Crippen molar-refractivity contribution in [3.8, 4) is 5.75 Å². The number of ether oxygens (including phenoxy) is 1. The summed E-state index contributed by atoms with van der Waals surface area (Å²) in [4.78, 5) is 0. The fraction of sp³-hybridized carbons (Fsp3) is 0.600. The molecule has 1 rings (SSSR count). The molecule has 0 atom stereocenters. The molecule has 17 heavy (non-hydrogen) atoms.